The van der Waals surface area contributed by atoms with Crippen LogP contribution in [0.15, 0.2) is 37.2 Å². The smallest absolute Gasteiger partial charge is 0.265 e. The molecule has 0 bridgehead atoms. The Bertz CT molecular complexity index is 228. The summed E-state index contributed by atoms with van der Waals surface area (Å²) in [5, 5.41) is 1.38. The zero-order valence-electron chi connectivity index (χ0n) is 6.10. The van der Waals surface area contributed by atoms with Crippen LogP contribution in [0.3, 0.4) is 0 Å². The minimum atomic E-state index is 0.470. The molecule has 1 rings (SSSR count). The average Bonchev–Trinajstić information content (AvgIpc) is 2.52. The van der Waals surface area contributed by atoms with Crippen LogP contribution in [-0.2, 0) is 4.79 Å². The van der Waals surface area contributed by atoms with E-state index in [4.69, 9.17) is 0 Å². The van der Waals surface area contributed by atoms with Crippen LogP contribution in [0.1, 0.15) is 0 Å². The topological polar surface area (TPSA) is 25.2 Å². The minimum Gasteiger partial charge on any atom is -0.265 e. The first-order chi connectivity index (χ1) is 5.38. The highest BCUT2D eigenvalue weighted by molar-refractivity contribution is 5.61. The van der Waals surface area contributed by atoms with Gasteiger partial charge >= 0.3 is 6.41 Å². The Kier molecular flexibility index (Phi) is 2.49. The first-order valence-electron chi connectivity index (χ1n) is 3.28. The molecule has 0 aliphatic rings. The molecule has 0 aliphatic heterocycles. The lowest BCUT2D eigenvalue weighted by atomic mass is 10.6. The number of aromatic nitrogens is 1. The van der Waals surface area contributed by atoms with Crippen molar-refractivity contribution in [3.8, 4) is 0 Å². The summed E-state index contributed by atoms with van der Waals surface area (Å²) in [5.41, 5.74) is 0. The molecule has 0 N–H and O–H groups in total. The van der Waals surface area contributed by atoms with Gasteiger partial charge in [-0.3, -0.25) is 9.47 Å². The Balaban J connectivity index is 2.70. The molecule has 1 aromatic heterocycles. The fourth-order valence-electron chi connectivity index (χ4n) is 0.787. The highest BCUT2D eigenvalue weighted by Gasteiger charge is 1.98. The van der Waals surface area contributed by atoms with Gasteiger partial charge in [0.2, 0.25) is 0 Å². The SMILES string of the molecule is C=CCN([C]=O)n1cccc1. The number of nitrogens with zero attached hydrogens (tertiary/aromatic N) is 2. The zero-order chi connectivity index (χ0) is 8.10. The first-order valence-corrected chi connectivity index (χ1v) is 3.28. The molecule has 1 amide bonds. The summed E-state index contributed by atoms with van der Waals surface area (Å²) in [7, 11) is 0. The second-order valence-electron chi connectivity index (χ2n) is 2.03. The summed E-state index contributed by atoms with van der Waals surface area (Å²) in [4.78, 5) is 10.3. The number of hydrogen-bond acceptors (Lipinski definition) is 1. The van der Waals surface area contributed by atoms with Crippen LogP contribution in [-0.4, -0.2) is 17.6 Å². The molecule has 1 heterocycles. The van der Waals surface area contributed by atoms with Gasteiger partial charge in [-0.05, 0) is 12.1 Å². The van der Waals surface area contributed by atoms with Gasteiger partial charge in [0.15, 0.2) is 0 Å². The quantitative estimate of drug-likeness (QED) is 0.456. The number of carbonyl (C=O) groups excluding carboxylic acids is 1. The molecule has 0 spiro atoms. The Hall–Kier alpha value is -1.51. The predicted octanol–water partition coefficient (Wildman–Crippen LogP) is 0.679. The molecular weight excluding hydrogens is 140 g/mol. The van der Waals surface area contributed by atoms with Crippen molar-refractivity contribution < 1.29 is 4.79 Å². The van der Waals surface area contributed by atoms with Crippen LogP contribution in [0.25, 0.3) is 0 Å². The number of hydrogen-bond donors (Lipinski definition) is 0. The molecule has 1 radical (unpaired) electrons. The van der Waals surface area contributed by atoms with Gasteiger partial charge in [-0.1, -0.05) is 6.08 Å². The molecular formula is C8H9N2O. The molecule has 3 heteroatoms. The van der Waals surface area contributed by atoms with Crippen molar-refractivity contribution in [2.75, 3.05) is 11.6 Å². The summed E-state index contributed by atoms with van der Waals surface area (Å²) in [6, 6.07) is 3.68. The molecule has 3 nitrogen and oxygen atoms in total. The predicted molar refractivity (Wildman–Crippen MR) is 43.4 cm³/mol. The minimum absolute atomic E-state index is 0.470. The summed E-state index contributed by atoms with van der Waals surface area (Å²) < 4.78 is 1.65. The Morgan fingerprint density at radius 1 is 1.55 bits per heavy atom. The van der Waals surface area contributed by atoms with E-state index < -0.39 is 0 Å². The van der Waals surface area contributed by atoms with E-state index in [9.17, 15) is 4.79 Å². The third-order valence-electron chi connectivity index (χ3n) is 1.27. The summed E-state index contributed by atoms with van der Waals surface area (Å²) in [5.74, 6) is 0. The van der Waals surface area contributed by atoms with E-state index in [0.717, 1.165) is 0 Å². The Labute approximate surface area is 65.5 Å². The van der Waals surface area contributed by atoms with Gasteiger partial charge in [0.25, 0.3) is 0 Å². The van der Waals surface area contributed by atoms with Crippen LogP contribution < -0.4 is 5.01 Å². The van der Waals surface area contributed by atoms with E-state index in [1.165, 1.54) is 5.01 Å². The molecule has 0 unspecified atom stereocenters. The fraction of sp³-hybridized carbons (Fsp3) is 0.125. The van der Waals surface area contributed by atoms with Crippen LogP contribution in [0.5, 0.6) is 0 Å². The lowest BCUT2D eigenvalue weighted by Gasteiger charge is -2.14. The normalized spacial score (nSPS) is 9.09. The van der Waals surface area contributed by atoms with E-state index >= 15 is 0 Å². The third kappa shape index (κ3) is 1.70. The maximum absolute atomic E-state index is 10.3. The van der Waals surface area contributed by atoms with E-state index in [-0.39, 0.29) is 0 Å². The molecule has 0 aliphatic carbocycles. The van der Waals surface area contributed by atoms with Gasteiger partial charge < -0.3 is 0 Å². The molecule has 57 valence electrons. The molecule has 0 atom stereocenters. The van der Waals surface area contributed by atoms with E-state index in [2.05, 4.69) is 6.58 Å². The van der Waals surface area contributed by atoms with Gasteiger partial charge in [-0.15, -0.1) is 6.58 Å². The highest BCUT2D eigenvalue weighted by atomic mass is 16.1. The molecule has 0 saturated carbocycles. The van der Waals surface area contributed by atoms with Crippen molar-refractivity contribution in [2.24, 2.45) is 0 Å². The Morgan fingerprint density at radius 3 is 2.64 bits per heavy atom. The third-order valence-corrected chi connectivity index (χ3v) is 1.27. The van der Waals surface area contributed by atoms with Crippen molar-refractivity contribution >= 4 is 6.41 Å². The molecule has 0 aromatic carbocycles. The highest BCUT2D eigenvalue weighted by Crippen LogP contribution is 1.90. The van der Waals surface area contributed by atoms with Crippen LogP contribution in [0.4, 0.5) is 0 Å². The number of amides is 1. The van der Waals surface area contributed by atoms with Crippen molar-refractivity contribution in [2.45, 2.75) is 0 Å². The van der Waals surface area contributed by atoms with Gasteiger partial charge in [0.1, 0.15) is 0 Å². The maximum atomic E-state index is 10.3. The van der Waals surface area contributed by atoms with Crippen molar-refractivity contribution in [3.05, 3.63) is 37.2 Å². The van der Waals surface area contributed by atoms with E-state index in [1.807, 2.05) is 12.1 Å². The Morgan fingerprint density at radius 2 is 2.18 bits per heavy atom. The second kappa shape index (κ2) is 3.61. The van der Waals surface area contributed by atoms with E-state index in [1.54, 1.807) is 29.6 Å². The molecule has 11 heavy (non-hydrogen) atoms. The lowest BCUT2D eigenvalue weighted by Crippen LogP contribution is -2.31. The first kappa shape index (κ1) is 7.60. The van der Waals surface area contributed by atoms with Crippen molar-refractivity contribution in [3.63, 3.8) is 0 Å². The number of rotatable bonds is 4. The van der Waals surface area contributed by atoms with Gasteiger partial charge in [0, 0.05) is 12.4 Å². The average molecular weight is 149 g/mol. The largest absolute Gasteiger partial charge is 0.332 e. The standard InChI is InChI=1S/C8H9N2O/c1-2-5-10(8-11)9-6-3-4-7-9/h2-4,6-7H,1,5H2. The van der Waals surface area contributed by atoms with Crippen molar-refractivity contribution in [1.82, 2.24) is 4.68 Å². The van der Waals surface area contributed by atoms with Crippen LogP contribution >= 0.6 is 0 Å². The maximum Gasteiger partial charge on any atom is 0.332 e. The fourth-order valence-corrected chi connectivity index (χ4v) is 0.787. The van der Waals surface area contributed by atoms with Gasteiger partial charge in [-0.2, -0.15) is 0 Å². The summed E-state index contributed by atoms with van der Waals surface area (Å²) in [6.45, 7) is 3.99. The van der Waals surface area contributed by atoms with Crippen LogP contribution in [0, 0.1) is 0 Å². The summed E-state index contributed by atoms with van der Waals surface area (Å²) >= 11 is 0. The van der Waals surface area contributed by atoms with Crippen LogP contribution in [0.2, 0.25) is 0 Å². The second-order valence-corrected chi connectivity index (χ2v) is 2.03. The zero-order valence-corrected chi connectivity index (χ0v) is 6.10. The molecule has 0 saturated heterocycles. The van der Waals surface area contributed by atoms with E-state index in [0.29, 0.717) is 6.54 Å². The monoisotopic (exact) mass is 149 g/mol. The summed E-state index contributed by atoms with van der Waals surface area (Å²) in [6.07, 6.45) is 6.97. The van der Waals surface area contributed by atoms with Gasteiger partial charge in [0.05, 0.1) is 6.54 Å². The molecule has 1 aromatic rings. The van der Waals surface area contributed by atoms with Crippen molar-refractivity contribution in [1.29, 1.82) is 0 Å². The molecule has 0 fully saturated rings. The lowest BCUT2D eigenvalue weighted by molar-refractivity contribution is 0.537. The van der Waals surface area contributed by atoms with Gasteiger partial charge in [-0.25, -0.2) is 5.01 Å².